The molecule has 2 aliphatic rings. The molecular weight excluding hydrogens is 208 g/mol. The molecule has 100 valence electrons. The second kappa shape index (κ2) is 5.71. The van der Waals surface area contributed by atoms with Gasteiger partial charge in [0.1, 0.15) is 0 Å². The van der Waals surface area contributed by atoms with Crippen molar-refractivity contribution in [1.29, 1.82) is 0 Å². The van der Waals surface area contributed by atoms with E-state index in [1.165, 1.54) is 57.8 Å². The number of nitrogens with two attached hydrogens (primary N) is 1. The van der Waals surface area contributed by atoms with Crippen LogP contribution in [0.3, 0.4) is 0 Å². The molecule has 0 saturated heterocycles. The summed E-state index contributed by atoms with van der Waals surface area (Å²) in [4.78, 5) is 0. The quantitative estimate of drug-likeness (QED) is 0.580. The first-order chi connectivity index (χ1) is 8.11. The molecular formula is C15H30N2. The highest BCUT2D eigenvalue weighted by Gasteiger charge is 2.32. The monoisotopic (exact) mass is 238 g/mol. The smallest absolute Gasteiger partial charge is 0.0241 e. The summed E-state index contributed by atoms with van der Waals surface area (Å²) in [6, 6.07) is 0.578. The van der Waals surface area contributed by atoms with E-state index in [4.69, 9.17) is 5.84 Å². The SMILES string of the molecule is CC1(C)CCC(C(CC2CCCC2)NN)CC1. The molecule has 1 unspecified atom stereocenters. The molecule has 0 amide bonds. The summed E-state index contributed by atoms with van der Waals surface area (Å²) in [7, 11) is 0. The topological polar surface area (TPSA) is 38.0 Å². The lowest BCUT2D eigenvalue weighted by atomic mass is 9.70. The van der Waals surface area contributed by atoms with Crippen LogP contribution in [0.1, 0.15) is 71.6 Å². The van der Waals surface area contributed by atoms with Gasteiger partial charge in [0.15, 0.2) is 0 Å². The standard InChI is InChI=1S/C15H30N2/c1-15(2)9-7-13(8-10-15)14(17-16)11-12-5-3-4-6-12/h12-14,17H,3-11,16H2,1-2H3. The molecule has 2 fully saturated rings. The normalized spacial score (nSPS) is 28.4. The highest BCUT2D eigenvalue weighted by atomic mass is 15.2. The van der Waals surface area contributed by atoms with Gasteiger partial charge in [0.05, 0.1) is 0 Å². The summed E-state index contributed by atoms with van der Waals surface area (Å²) < 4.78 is 0. The minimum Gasteiger partial charge on any atom is -0.271 e. The molecule has 0 aromatic carbocycles. The summed E-state index contributed by atoms with van der Waals surface area (Å²) in [6.07, 6.45) is 12.6. The van der Waals surface area contributed by atoms with E-state index in [1.807, 2.05) is 0 Å². The summed E-state index contributed by atoms with van der Waals surface area (Å²) in [5.41, 5.74) is 3.70. The molecule has 0 aromatic heterocycles. The maximum Gasteiger partial charge on any atom is 0.0241 e. The van der Waals surface area contributed by atoms with Gasteiger partial charge in [0.2, 0.25) is 0 Å². The fourth-order valence-corrected chi connectivity index (χ4v) is 3.83. The van der Waals surface area contributed by atoms with Crippen LogP contribution in [0.4, 0.5) is 0 Å². The molecule has 17 heavy (non-hydrogen) atoms. The van der Waals surface area contributed by atoms with E-state index < -0.39 is 0 Å². The number of rotatable bonds is 4. The minimum absolute atomic E-state index is 0.572. The van der Waals surface area contributed by atoms with Crippen LogP contribution < -0.4 is 11.3 Å². The maximum absolute atomic E-state index is 5.80. The van der Waals surface area contributed by atoms with Crippen molar-refractivity contribution in [2.75, 3.05) is 0 Å². The van der Waals surface area contributed by atoms with Crippen LogP contribution in [0.25, 0.3) is 0 Å². The van der Waals surface area contributed by atoms with Gasteiger partial charge in [-0.25, -0.2) is 0 Å². The Morgan fingerprint density at radius 3 is 2.24 bits per heavy atom. The molecule has 0 bridgehead atoms. The van der Waals surface area contributed by atoms with Crippen molar-refractivity contribution in [3.05, 3.63) is 0 Å². The van der Waals surface area contributed by atoms with Gasteiger partial charge in [-0.1, -0.05) is 39.5 Å². The van der Waals surface area contributed by atoms with Gasteiger partial charge in [-0.2, -0.15) is 0 Å². The van der Waals surface area contributed by atoms with Crippen LogP contribution >= 0.6 is 0 Å². The molecule has 0 aromatic rings. The number of hydrogen-bond acceptors (Lipinski definition) is 2. The lowest BCUT2D eigenvalue weighted by Gasteiger charge is -2.38. The molecule has 2 nitrogen and oxygen atoms in total. The summed E-state index contributed by atoms with van der Waals surface area (Å²) in [5, 5.41) is 0. The molecule has 0 spiro atoms. The van der Waals surface area contributed by atoms with Gasteiger partial charge in [0, 0.05) is 6.04 Å². The Morgan fingerprint density at radius 2 is 1.71 bits per heavy atom. The Balaban J connectivity index is 1.81. The van der Waals surface area contributed by atoms with Gasteiger partial charge in [-0.15, -0.1) is 0 Å². The largest absolute Gasteiger partial charge is 0.271 e. The summed E-state index contributed by atoms with van der Waals surface area (Å²) in [6.45, 7) is 4.82. The Morgan fingerprint density at radius 1 is 1.12 bits per heavy atom. The Hall–Kier alpha value is -0.0800. The van der Waals surface area contributed by atoms with Gasteiger partial charge >= 0.3 is 0 Å². The Labute approximate surface area is 107 Å². The van der Waals surface area contributed by atoms with E-state index in [1.54, 1.807) is 0 Å². The average Bonchev–Trinajstić information content (AvgIpc) is 2.79. The predicted octanol–water partition coefficient (Wildman–Crippen LogP) is 3.62. The van der Waals surface area contributed by atoms with Crippen LogP contribution in [0.2, 0.25) is 0 Å². The van der Waals surface area contributed by atoms with Gasteiger partial charge in [-0.3, -0.25) is 11.3 Å². The number of nitrogens with one attached hydrogen (secondary N) is 1. The Kier molecular flexibility index (Phi) is 4.48. The van der Waals surface area contributed by atoms with E-state index in [2.05, 4.69) is 19.3 Å². The second-order valence-electron chi connectivity index (χ2n) is 7.16. The maximum atomic E-state index is 5.80. The predicted molar refractivity (Wildman–Crippen MR) is 73.4 cm³/mol. The molecule has 2 heteroatoms. The molecule has 2 saturated carbocycles. The molecule has 0 radical (unpaired) electrons. The van der Waals surface area contributed by atoms with E-state index in [-0.39, 0.29) is 0 Å². The third-order valence-corrected chi connectivity index (χ3v) is 5.23. The van der Waals surface area contributed by atoms with Crippen molar-refractivity contribution in [3.8, 4) is 0 Å². The molecule has 0 aliphatic heterocycles. The molecule has 2 rings (SSSR count). The fourth-order valence-electron chi connectivity index (χ4n) is 3.83. The van der Waals surface area contributed by atoms with Crippen molar-refractivity contribution in [2.24, 2.45) is 23.1 Å². The molecule has 1 atom stereocenters. The minimum atomic E-state index is 0.572. The lowest BCUT2D eigenvalue weighted by Crippen LogP contribution is -2.44. The first-order valence-corrected chi connectivity index (χ1v) is 7.57. The molecule has 0 heterocycles. The fraction of sp³-hybridized carbons (Fsp3) is 1.00. The highest BCUT2D eigenvalue weighted by molar-refractivity contribution is 4.86. The zero-order valence-electron chi connectivity index (χ0n) is 11.7. The van der Waals surface area contributed by atoms with Crippen molar-refractivity contribution in [3.63, 3.8) is 0 Å². The summed E-state index contributed by atoms with van der Waals surface area (Å²) >= 11 is 0. The van der Waals surface area contributed by atoms with Gasteiger partial charge in [0.25, 0.3) is 0 Å². The average molecular weight is 238 g/mol. The van der Waals surface area contributed by atoms with Gasteiger partial charge in [-0.05, 0) is 49.4 Å². The van der Waals surface area contributed by atoms with Crippen LogP contribution in [-0.2, 0) is 0 Å². The highest BCUT2D eigenvalue weighted by Crippen LogP contribution is 2.41. The van der Waals surface area contributed by atoms with E-state index in [0.29, 0.717) is 11.5 Å². The van der Waals surface area contributed by atoms with E-state index in [9.17, 15) is 0 Å². The van der Waals surface area contributed by atoms with Crippen molar-refractivity contribution in [1.82, 2.24) is 5.43 Å². The van der Waals surface area contributed by atoms with Crippen molar-refractivity contribution < 1.29 is 0 Å². The van der Waals surface area contributed by atoms with Crippen molar-refractivity contribution >= 4 is 0 Å². The first-order valence-electron chi connectivity index (χ1n) is 7.57. The molecule has 3 N–H and O–H groups in total. The van der Waals surface area contributed by atoms with Gasteiger partial charge < -0.3 is 0 Å². The lowest BCUT2D eigenvalue weighted by molar-refractivity contribution is 0.150. The van der Waals surface area contributed by atoms with Crippen molar-refractivity contribution in [2.45, 2.75) is 77.7 Å². The van der Waals surface area contributed by atoms with Crippen LogP contribution in [0.15, 0.2) is 0 Å². The van der Waals surface area contributed by atoms with E-state index in [0.717, 1.165) is 11.8 Å². The van der Waals surface area contributed by atoms with Crippen LogP contribution in [0, 0.1) is 17.3 Å². The third-order valence-electron chi connectivity index (χ3n) is 5.23. The third kappa shape index (κ3) is 3.69. The second-order valence-corrected chi connectivity index (χ2v) is 7.16. The number of hydrazine groups is 1. The Bertz CT molecular complexity index is 221. The molecule has 2 aliphatic carbocycles. The van der Waals surface area contributed by atoms with Crippen LogP contribution in [0.5, 0.6) is 0 Å². The van der Waals surface area contributed by atoms with Crippen LogP contribution in [-0.4, -0.2) is 6.04 Å². The van der Waals surface area contributed by atoms with E-state index >= 15 is 0 Å². The zero-order valence-corrected chi connectivity index (χ0v) is 11.7. The summed E-state index contributed by atoms with van der Waals surface area (Å²) in [5.74, 6) is 7.58. The zero-order chi connectivity index (χ0) is 12.3. The number of hydrogen-bond donors (Lipinski definition) is 2. The first kappa shape index (κ1) is 13.4.